The second-order valence-corrected chi connectivity index (χ2v) is 9.08. The highest BCUT2D eigenvalue weighted by Gasteiger charge is 2.30. The van der Waals surface area contributed by atoms with Gasteiger partial charge in [0, 0.05) is 17.0 Å². The number of anilines is 1. The van der Waals surface area contributed by atoms with Crippen LogP contribution in [0.4, 0.5) is 18.9 Å². The maximum absolute atomic E-state index is 12.8. The first-order valence-corrected chi connectivity index (χ1v) is 11.4. The molecule has 34 heavy (non-hydrogen) atoms. The summed E-state index contributed by atoms with van der Waals surface area (Å²) in [4.78, 5) is 23.9. The molecule has 0 atom stereocenters. The van der Waals surface area contributed by atoms with Gasteiger partial charge in [-0.1, -0.05) is 29.2 Å². The van der Waals surface area contributed by atoms with E-state index in [2.05, 4.69) is 20.6 Å². The fraction of sp³-hybridized carbons (Fsp3) is 0.190. The van der Waals surface area contributed by atoms with Crippen molar-refractivity contribution < 1.29 is 27.5 Å². The standard InChI is InChI=1S/C21H18F3N5O3S2/c1-12-27-29-20(34-12)33-11-14-8-13(6-7-17(14)32-2)10-25-28-19(31)18(30)26-16-5-3-4-15(9-16)21(22,23)24/h3-10H,11H2,1-2H3,(H,26,30)(H,28,31). The van der Waals surface area contributed by atoms with E-state index in [9.17, 15) is 22.8 Å². The number of hydrogen-bond donors (Lipinski definition) is 2. The van der Waals surface area contributed by atoms with Gasteiger partial charge in [0.2, 0.25) is 0 Å². The van der Waals surface area contributed by atoms with Crippen LogP contribution >= 0.6 is 23.1 Å². The number of ether oxygens (including phenoxy) is 1. The number of aryl methyl sites for hydroxylation is 1. The molecule has 1 aromatic heterocycles. The summed E-state index contributed by atoms with van der Waals surface area (Å²) in [7, 11) is 1.55. The number of carbonyl (C=O) groups excluding carboxylic acids is 2. The van der Waals surface area contributed by atoms with E-state index in [1.807, 2.05) is 12.3 Å². The van der Waals surface area contributed by atoms with E-state index < -0.39 is 23.6 Å². The minimum absolute atomic E-state index is 0.165. The lowest BCUT2D eigenvalue weighted by Gasteiger charge is -2.09. The number of halogens is 3. The number of alkyl halides is 3. The summed E-state index contributed by atoms with van der Waals surface area (Å²) in [5, 5.41) is 14.8. The Morgan fingerprint density at radius 3 is 2.65 bits per heavy atom. The van der Waals surface area contributed by atoms with Gasteiger partial charge >= 0.3 is 18.0 Å². The van der Waals surface area contributed by atoms with Gasteiger partial charge in [-0.15, -0.1) is 10.2 Å². The van der Waals surface area contributed by atoms with Crippen molar-refractivity contribution >= 4 is 46.8 Å². The number of carbonyl (C=O) groups is 2. The van der Waals surface area contributed by atoms with Gasteiger partial charge in [0.1, 0.15) is 10.8 Å². The van der Waals surface area contributed by atoms with Crippen LogP contribution in [0, 0.1) is 6.92 Å². The Morgan fingerprint density at radius 1 is 1.18 bits per heavy atom. The van der Waals surface area contributed by atoms with Crippen LogP contribution in [-0.4, -0.2) is 35.3 Å². The van der Waals surface area contributed by atoms with Crippen molar-refractivity contribution in [1.29, 1.82) is 0 Å². The molecule has 0 aliphatic heterocycles. The Balaban J connectivity index is 1.59. The summed E-state index contributed by atoms with van der Waals surface area (Å²) >= 11 is 2.98. The van der Waals surface area contributed by atoms with Crippen LogP contribution in [0.5, 0.6) is 5.75 Å². The summed E-state index contributed by atoms with van der Waals surface area (Å²) in [5.74, 6) is -1.07. The number of thioether (sulfide) groups is 1. The monoisotopic (exact) mass is 509 g/mol. The third-order valence-electron chi connectivity index (χ3n) is 4.20. The normalized spacial score (nSPS) is 11.4. The van der Waals surface area contributed by atoms with Gasteiger partial charge in [0.15, 0.2) is 4.34 Å². The van der Waals surface area contributed by atoms with Crippen molar-refractivity contribution in [1.82, 2.24) is 15.6 Å². The Labute approximate surface area is 200 Å². The van der Waals surface area contributed by atoms with Crippen molar-refractivity contribution in [2.45, 2.75) is 23.2 Å². The highest BCUT2D eigenvalue weighted by molar-refractivity contribution is 8.00. The van der Waals surface area contributed by atoms with Gasteiger partial charge in [-0.05, 0) is 48.9 Å². The molecule has 3 aromatic rings. The second kappa shape index (κ2) is 11.1. The molecule has 2 amide bonds. The first kappa shape index (κ1) is 25.2. The number of benzene rings is 2. The summed E-state index contributed by atoms with van der Waals surface area (Å²) < 4.78 is 44.5. The summed E-state index contributed by atoms with van der Waals surface area (Å²) in [6.45, 7) is 1.87. The van der Waals surface area contributed by atoms with Crippen LogP contribution < -0.4 is 15.5 Å². The number of hydrazone groups is 1. The first-order valence-electron chi connectivity index (χ1n) is 9.57. The zero-order chi connectivity index (χ0) is 24.7. The van der Waals surface area contributed by atoms with Gasteiger partial charge in [0.05, 0.1) is 18.9 Å². The van der Waals surface area contributed by atoms with Crippen molar-refractivity contribution in [3.05, 3.63) is 64.2 Å². The molecule has 13 heteroatoms. The molecule has 0 bridgehead atoms. The van der Waals surface area contributed by atoms with Crippen LogP contribution in [0.15, 0.2) is 51.9 Å². The molecule has 0 aliphatic rings. The third-order valence-corrected chi connectivity index (χ3v) is 6.22. The first-order chi connectivity index (χ1) is 16.2. The van der Waals surface area contributed by atoms with Crippen LogP contribution in [-0.2, 0) is 21.5 Å². The highest BCUT2D eigenvalue weighted by Crippen LogP contribution is 2.31. The zero-order valence-corrected chi connectivity index (χ0v) is 19.5. The highest BCUT2D eigenvalue weighted by atomic mass is 32.2. The molecule has 8 nitrogen and oxygen atoms in total. The number of aromatic nitrogens is 2. The average Bonchev–Trinajstić information content (AvgIpc) is 3.22. The second-order valence-electron chi connectivity index (χ2n) is 6.68. The van der Waals surface area contributed by atoms with E-state index in [-0.39, 0.29) is 5.69 Å². The van der Waals surface area contributed by atoms with Gasteiger partial charge in [-0.25, -0.2) is 5.43 Å². The smallest absolute Gasteiger partial charge is 0.416 e. The van der Waals surface area contributed by atoms with E-state index >= 15 is 0 Å². The van der Waals surface area contributed by atoms with Crippen molar-refractivity contribution in [3.63, 3.8) is 0 Å². The predicted molar refractivity (Wildman–Crippen MR) is 123 cm³/mol. The Hall–Kier alpha value is -3.45. The predicted octanol–water partition coefficient (Wildman–Crippen LogP) is 4.26. The summed E-state index contributed by atoms with van der Waals surface area (Å²) in [6.07, 6.45) is -3.24. The van der Waals surface area contributed by atoms with Gasteiger partial charge < -0.3 is 10.1 Å². The fourth-order valence-electron chi connectivity index (χ4n) is 2.65. The molecule has 1 heterocycles. The SMILES string of the molecule is COc1ccc(C=NNC(=O)C(=O)Nc2cccc(C(F)(F)F)c2)cc1CSc1nnc(C)s1. The molecular formula is C21H18F3N5O3S2. The lowest BCUT2D eigenvalue weighted by atomic mass is 10.1. The van der Waals surface area contributed by atoms with Gasteiger partial charge in [-0.3, -0.25) is 9.59 Å². The number of hydrogen-bond acceptors (Lipinski definition) is 8. The molecule has 2 N–H and O–H groups in total. The maximum Gasteiger partial charge on any atom is 0.416 e. The molecule has 178 valence electrons. The third kappa shape index (κ3) is 7.02. The largest absolute Gasteiger partial charge is 0.496 e. The van der Waals surface area contributed by atoms with E-state index in [4.69, 9.17) is 4.74 Å². The van der Waals surface area contributed by atoms with E-state index in [0.29, 0.717) is 17.1 Å². The lowest BCUT2D eigenvalue weighted by Crippen LogP contribution is -2.32. The number of amides is 2. The molecule has 2 aromatic carbocycles. The van der Waals surface area contributed by atoms with Gasteiger partial charge in [-0.2, -0.15) is 18.3 Å². The molecule has 3 rings (SSSR count). The molecule has 0 radical (unpaired) electrons. The number of nitrogens with zero attached hydrogens (tertiary/aromatic N) is 3. The van der Waals surface area contributed by atoms with E-state index in [0.717, 1.165) is 33.1 Å². The summed E-state index contributed by atoms with van der Waals surface area (Å²) in [6, 6.07) is 9.21. The van der Waals surface area contributed by atoms with Crippen LogP contribution in [0.3, 0.4) is 0 Å². The quantitative estimate of drug-likeness (QED) is 0.214. The average molecular weight is 510 g/mol. The molecular weight excluding hydrogens is 491 g/mol. The topological polar surface area (TPSA) is 106 Å². The Morgan fingerprint density at radius 2 is 1.97 bits per heavy atom. The Kier molecular flexibility index (Phi) is 8.23. The molecule has 0 aliphatic carbocycles. The van der Waals surface area contributed by atoms with Crippen LogP contribution in [0.1, 0.15) is 21.7 Å². The number of methoxy groups -OCH3 is 1. The molecule has 0 fully saturated rings. The van der Waals surface area contributed by atoms with Crippen molar-refractivity contribution in [3.8, 4) is 5.75 Å². The fourth-order valence-corrected chi connectivity index (χ4v) is 4.44. The van der Waals surface area contributed by atoms with Crippen LogP contribution in [0.2, 0.25) is 0 Å². The number of rotatable bonds is 7. The minimum atomic E-state index is -4.57. The number of nitrogens with one attached hydrogen (secondary N) is 2. The zero-order valence-electron chi connectivity index (χ0n) is 17.8. The van der Waals surface area contributed by atoms with Gasteiger partial charge in [0.25, 0.3) is 0 Å². The summed E-state index contributed by atoms with van der Waals surface area (Å²) in [5.41, 5.74) is 2.42. The minimum Gasteiger partial charge on any atom is -0.496 e. The maximum atomic E-state index is 12.8. The van der Waals surface area contributed by atoms with Crippen LogP contribution in [0.25, 0.3) is 0 Å². The van der Waals surface area contributed by atoms with Crippen molar-refractivity contribution in [2.75, 3.05) is 12.4 Å². The molecule has 0 saturated carbocycles. The van der Waals surface area contributed by atoms with E-state index in [1.54, 1.807) is 25.3 Å². The van der Waals surface area contributed by atoms with E-state index in [1.165, 1.54) is 35.4 Å². The molecule has 0 spiro atoms. The molecule has 0 unspecified atom stereocenters. The molecule has 0 saturated heterocycles. The lowest BCUT2D eigenvalue weighted by molar-refractivity contribution is -0.137. The Bertz CT molecular complexity index is 1210. The van der Waals surface area contributed by atoms with Crippen molar-refractivity contribution in [2.24, 2.45) is 5.10 Å².